The summed E-state index contributed by atoms with van der Waals surface area (Å²) in [6.45, 7) is 0.453. The van der Waals surface area contributed by atoms with Crippen molar-refractivity contribution in [3.63, 3.8) is 0 Å². The quantitative estimate of drug-likeness (QED) is 0.270. The molecule has 1 aliphatic heterocycles. The first-order valence-electron chi connectivity index (χ1n) is 7.55. The van der Waals surface area contributed by atoms with Crippen molar-refractivity contribution in [1.29, 1.82) is 0 Å². The number of Topliss-reactive ketones (excluding diaryl/α,β-unsaturated/α-hetero) is 1. The molecule has 11 heteroatoms. The number of amides is 2. The van der Waals surface area contributed by atoms with Gasteiger partial charge in [0.2, 0.25) is 11.8 Å². The summed E-state index contributed by atoms with van der Waals surface area (Å²) in [6, 6.07) is -3.92. The minimum Gasteiger partial charge on any atom is -0.481 e. The SMILES string of the molecule is C[C@H](N)C(=O)N[C@@H](CC(=O)O)C(=O)[C@H]1CCN([C@@H](CO)C(=O)O)C1=O. The number of aliphatic carboxylic acids is 2. The Bertz CT molecular complexity index is 576. The smallest absolute Gasteiger partial charge is 0.328 e. The molecule has 0 saturated carbocycles. The van der Waals surface area contributed by atoms with Gasteiger partial charge >= 0.3 is 11.9 Å². The topological polar surface area (TPSA) is 187 Å². The maximum absolute atomic E-state index is 12.5. The average molecular weight is 359 g/mol. The van der Waals surface area contributed by atoms with Crippen LogP contribution in [0.1, 0.15) is 19.8 Å². The standard InChI is InChI=1S/C14H21N3O8/c1-6(15)12(22)16-8(4-10(19)20)11(21)7-2-3-17(13(7)23)9(5-18)14(24)25/h6-9,18H,2-5,15H2,1H3,(H,16,22)(H,19,20)(H,24,25)/t6-,7+,8-,9-/m0/s1. The molecule has 1 fully saturated rings. The maximum atomic E-state index is 12.5. The lowest BCUT2D eigenvalue weighted by Gasteiger charge is -2.23. The maximum Gasteiger partial charge on any atom is 0.328 e. The largest absolute Gasteiger partial charge is 0.481 e. The van der Waals surface area contributed by atoms with E-state index in [0.717, 1.165) is 4.90 Å². The molecule has 0 aliphatic carbocycles. The van der Waals surface area contributed by atoms with Crippen molar-refractivity contribution in [2.45, 2.75) is 37.9 Å². The third-order valence-electron chi connectivity index (χ3n) is 3.87. The molecule has 1 rings (SSSR count). The highest BCUT2D eigenvalue weighted by Crippen LogP contribution is 2.23. The summed E-state index contributed by atoms with van der Waals surface area (Å²) >= 11 is 0. The summed E-state index contributed by atoms with van der Waals surface area (Å²) in [5.74, 6) is -6.46. The molecular formula is C14H21N3O8. The second kappa shape index (κ2) is 8.53. The van der Waals surface area contributed by atoms with Crippen LogP contribution in [0, 0.1) is 5.92 Å². The number of likely N-dealkylation sites (tertiary alicyclic amines) is 1. The number of hydrogen-bond donors (Lipinski definition) is 5. The van der Waals surface area contributed by atoms with E-state index in [2.05, 4.69) is 5.32 Å². The number of ketones is 1. The van der Waals surface area contributed by atoms with Crippen molar-refractivity contribution in [3.8, 4) is 0 Å². The lowest BCUT2D eigenvalue weighted by molar-refractivity contribution is -0.152. The Kier molecular flexibility index (Phi) is 7.00. The molecular weight excluding hydrogens is 338 g/mol. The van der Waals surface area contributed by atoms with Gasteiger partial charge in [-0.05, 0) is 13.3 Å². The predicted molar refractivity (Wildman–Crippen MR) is 81.2 cm³/mol. The molecule has 25 heavy (non-hydrogen) atoms. The second-order valence-corrected chi connectivity index (χ2v) is 5.76. The van der Waals surface area contributed by atoms with E-state index in [0.29, 0.717) is 0 Å². The van der Waals surface area contributed by atoms with Crippen molar-refractivity contribution in [1.82, 2.24) is 10.2 Å². The molecule has 0 aromatic heterocycles. The Hall–Kier alpha value is -2.53. The molecule has 0 spiro atoms. The zero-order valence-corrected chi connectivity index (χ0v) is 13.5. The van der Waals surface area contributed by atoms with Crippen LogP contribution >= 0.6 is 0 Å². The summed E-state index contributed by atoms with van der Waals surface area (Å²) in [6.07, 6.45) is -0.769. The van der Waals surface area contributed by atoms with E-state index >= 15 is 0 Å². The average Bonchev–Trinajstić information content (AvgIpc) is 2.87. The van der Waals surface area contributed by atoms with Gasteiger partial charge in [-0.3, -0.25) is 19.2 Å². The fraction of sp³-hybridized carbons (Fsp3) is 0.643. The highest BCUT2D eigenvalue weighted by molar-refractivity contribution is 6.07. The molecule has 0 aromatic carbocycles. The molecule has 0 radical (unpaired) electrons. The van der Waals surface area contributed by atoms with Gasteiger partial charge in [-0.1, -0.05) is 0 Å². The molecule has 6 N–H and O–H groups in total. The first-order valence-corrected chi connectivity index (χ1v) is 7.55. The van der Waals surface area contributed by atoms with Crippen LogP contribution in [0.4, 0.5) is 0 Å². The number of carboxylic acids is 2. The number of hydrogen-bond acceptors (Lipinski definition) is 7. The van der Waals surface area contributed by atoms with Crippen LogP contribution in [0.3, 0.4) is 0 Å². The number of carboxylic acid groups (broad SMARTS) is 2. The fourth-order valence-electron chi connectivity index (χ4n) is 2.53. The van der Waals surface area contributed by atoms with E-state index in [1.807, 2.05) is 0 Å². The van der Waals surface area contributed by atoms with Crippen LogP contribution in [-0.2, 0) is 24.0 Å². The van der Waals surface area contributed by atoms with Crippen LogP contribution in [0.25, 0.3) is 0 Å². The fourth-order valence-corrected chi connectivity index (χ4v) is 2.53. The summed E-state index contributed by atoms with van der Waals surface area (Å²) in [5, 5.41) is 29.2. The third kappa shape index (κ3) is 4.97. The first kappa shape index (κ1) is 20.5. The molecule has 11 nitrogen and oxygen atoms in total. The third-order valence-corrected chi connectivity index (χ3v) is 3.87. The number of carbonyl (C=O) groups excluding carboxylic acids is 3. The van der Waals surface area contributed by atoms with E-state index in [1.54, 1.807) is 0 Å². The second-order valence-electron chi connectivity index (χ2n) is 5.76. The molecule has 1 saturated heterocycles. The molecule has 4 atom stereocenters. The molecule has 0 bridgehead atoms. The van der Waals surface area contributed by atoms with E-state index in [1.165, 1.54) is 6.92 Å². The van der Waals surface area contributed by atoms with Crippen molar-refractivity contribution < 1.29 is 39.3 Å². The molecule has 0 unspecified atom stereocenters. The molecule has 0 aromatic rings. The lowest BCUT2D eigenvalue weighted by atomic mass is 9.94. The number of nitrogens with two attached hydrogens (primary N) is 1. The molecule has 1 aliphatic rings. The predicted octanol–water partition coefficient (Wildman–Crippen LogP) is -2.84. The van der Waals surface area contributed by atoms with Crippen LogP contribution < -0.4 is 11.1 Å². The van der Waals surface area contributed by atoms with Gasteiger partial charge in [0.15, 0.2) is 11.8 Å². The highest BCUT2D eigenvalue weighted by Gasteiger charge is 2.44. The zero-order valence-electron chi connectivity index (χ0n) is 13.5. The molecule has 2 amide bonds. The number of rotatable bonds is 9. The van der Waals surface area contributed by atoms with Gasteiger partial charge < -0.3 is 31.3 Å². The van der Waals surface area contributed by atoms with Gasteiger partial charge in [0, 0.05) is 6.54 Å². The van der Waals surface area contributed by atoms with Gasteiger partial charge in [0.05, 0.1) is 25.1 Å². The normalized spacial score (nSPS) is 20.7. The van der Waals surface area contributed by atoms with Crippen LogP contribution in [-0.4, -0.2) is 81.0 Å². The Morgan fingerprint density at radius 2 is 1.92 bits per heavy atom. The number of aliphatic hydroxyl groups is 1. The number of carbonyl (C=O) groups is 5. The van der Waals surface area contributed by atoms with E-state index in [9.17, 15) is 24.0 Å². The van der Waals surface area contributed by atoms with Gasteiger partial charge in [-0.15, -0.1) is 0 Å². The summed E-state index contributed by atoms with van der Waals surface area (Å²) < 4.78 is 0. The van der Waals surface area contributed by atoms with Gasteiger partial charge in [-0.2, -0.15) is 0 Å². The van der Waals surface area contributed by atoms with Crippen LogP contribution in [0.15, 0.2) is 0 Å². The highest BCUT2D eigenvalue weighted by atomic mass is 16.4. The van der Waals surface area contributed by atoms with Crippen molar-refractivity contribution >= 4 is 29.5 Å². The van der Waals surface area contributed by atoms with E-state index in [4.69, 9.17) is 21.1 Å². The number of nitrogens with zero attached hydrogens (tertiary/aromatic N) is 1. The summed E-state index contributed by atoms with van der Waals surface area (Å²) in [5.41, 5.74) is 5.37. The number of aliphatic hydroxyl groups excluding tert-OH is 1. The van der Waals surface area contributed by atoms with E-state index < -0.39 is 66.6 Å². The van der Waals surface area contributed by atoms with Gasteiger partial charge in [0.25, 0.3) is 0 Å². The first-order chi connectivity index (χ1) is 11.6. The summed E-state index contributed by atoms with van der Waals surface area (Å²) in [7, 11) is 0. The Morgan fingerprint density at radius 1 is 1.32 bits per heavy atom. The van der Waals surface area contributed by atoms with E-state index in [-0.39, 0.29) is 13.0 Å². The zero-order chi connectivity index (χ0) is 19.3. The Labute approximate surface area is 142 Å². The molecule has 1 heterocycles. The van der Waals surface area contributed by atoms with Gasteiger partial charge in [-0.25, -0.2) is 4.79 Å². The minimum absolute atomic E-state index is 0.0361. The Morgan fingerprint density at radius 3 is 2.36 bits per heavy atom. The van der Waals surface area contributed by atoms with Crippen LogP contribution in [0.2, 0.25) is 0 Å². The molecule has 140 valence electrons. The van der Waals surface area contributed by atoms with Gasteiger partial charge in [0.1, 0.15) is 5.92 Å². The summed E-state index contributed by atoms with van der Waals surface area (Å²) in [4.78, 5) is 59.3. The van der Waals surface area contributed by atoms with Crippen molar-refractivity contribution in [2.75, 3.05) is 13.2 Å². The van der Waals surface area contributed by atoms with Crippen molar-refractivity contribution in [3.05, 3.63) is 0 Å². The van der Waals surface area contributed by atoms with Crippen LogP contribution in [0.5, 0.6) is 0 Å². The monoisotopic (exact) mass is 359 g/mol. The Balaban J connectivity index is 2.94. The number of nitrogens with one attached hydrogen (secondary N) is 1. The van der Waals surface area contributed by atoms with Crippen molar-refractivity contribution in [2.24, 2.45) is 11.7 Å². The minimum atomic E-state index is -1.48. The lowest BCUT2D eigenvalue weighted by Crippen LogP contribution is -2.51.